The Hall–Kier alpha value is -1.34. The van der Waals surface area contributed by atoms with Gasteiger partial charge in [-0.05, 0) is 18.8 Å². The zero-order valence-corrected chi connectivity index (χ0v) is 12.0. The average Bonchev–Trinajstić information content (AvgIpc) is 2.43. The first-order chi connectivity index (χ1) is 9.53. The highest BCUT2D eigenvalue weighted by Gasteiger charge is 2.53. The average molecular weight is 284 g/mol. The molecule has 2 fully saturated rings. The molecule has 1 aliphatic carbocycles. The van der Waals surface area contributed by atoms with Gasteiger partial charge in [0.15, 0.2) is 5.84 Å². The van der Waals surface area contributed by atoms with E-state index in [0.717, 1.165) is 13.1 Å². The molecule has 0 aromatic carbocycles. The van der Waals surface area contributed by atoms with Crippen LogP contribution in [0.4, 0.5) is 0 Å². The summed E-state index contributed by atoms with van der Waals surface area (Å²) in [7, 11) is 0. The molecule has 0 spiro atoms. The van der Waals surface area contributed by atoms with Gasteiger partial charge >= 0.3 is 0 Å². The molecule has 1 aliphatic heterocycles. The first-order valence-electron chi connectivity index (χ1n) is 7.14. The minimum Gasteiger partial charge on any atom is -0.409 e. The number of hydrogen-bond acceptors (Lipinski definition) is 5. The van der Waals surface area contributed by atoms with Crippen LogP contribution in [0.1, 0.15) is 19.8 Å². The van der Waals surface area contributed by atoms with E-state index in [9.17, 15) is 4.79 Å². The highest BCUT2D eigenvalue weighted by molar-refractivity contribution is 6.07. The third-order valence-electron chi connectivity index (χ3n) is 4.48. The number of oxime groups is 1. The van der Waals surface area contributed by atoms with Crippen molar-refractivity contribution in [1.29, 1.82) is 0 Å². The van der Waals surface area contributed by atoms with Crippen LogP contribution in [0.25, 0.3) is 0 Å². The third kappa shape index (κ3) is 2.60. The summed E-state index contributed by atoms with van der Waals surface area (Å²) in [6.45, 7) is 5.63. The van der Waals surface area contributed by atoms with E-state index in [1.165, 1.54) is 0 Å². The number of piperazine rings is 1. The van der Waals surface area contributed by atoms with E-state index in [-0.39, 0.29) is 18.3 Å². The second kappa shape index (κ2) is 5.97. The lowest BCUT2D eigenvalue weighted by atomic mass is 9.61. The molecule has 0 bridgehead atoms. The fourth-order valence-electron chi connectivity index (χ4n) is 3.34. The van der Waals surface area contributed by atoms with Crippen LogP contribution in [0, 0.1) is 11.3 Å². The fourth-order valence-corrected chi connectivity index (χ4v) is 3.34. The van der Waals surface area contributed by atoms with E-state index in [2.05, 4.69) is 17.0 Å². The summed E-state index contributed by atoms with van der Waals surface area (Å²) in [4.78, 5) is 16.6. The van der Waals surface area contributed by atoms with Crippen LogP contribution in [0.3, 0.4) is 0 Å². The van der Waals surface area contributed by atoms with Crippen molar-refractivity contribution in [3.8, 4) is 0 Å². The van der Waals surface area contributed by atoms with Gasteiger partial charge < -0.3 is 20.9 Å². The summed E-state index contributed by atoms with van der Waals surface area (Å²) in [5.74, 6) is 0.447. The van der Waals surface area contributed by atoms with E-state index in [0.29, 0.717) is 38.4 Å². The Bertz CT molecular complexity index is 385. The van der Waals surface area contributed by atoms with Crippen molar-refractivity contribution in [3.05, 3.63) is 0 Å². The van der Waals surface area contributed by atoms with Crippen LogP contribution in [0.5, 0.6) is 0 Å². The standard InChI is InChI=1S/C13H24N4O3/c1-10-8-13(9-10,11(14)15-20)12(19)17-4-2-16(3-5-17)6-7-18/h10,18,20H,2-9H2,1H3,(H2,14,15). The summed E-state index contributed by atoms with van der Waals surface area (Å²) < 4.78 is 0. The van der Waals surface area contributed by atoms with Gasteiger partial charge in [0.2, 0.25) is 5.91 Å². The summed E-state index contributed by atoms with van der Waals surface area (Å²) >= 11 is 0. The number of nitrogens with zero attached hydrogens (tertiary/aromatic N) is 3. The van der Waals surface area contributed by atoms with Gasteiger partial charge in [0.05, 0.1) is 6.61 Å². The number of amidine groups is 1. The highest BCUT2D eigenvalue weighted by Crippen LogP contribution is 2.47. The zero-order chi connectivity index (χ0) is 14.8. The number of amides is 1. The van der Waals surface area contributed by atoms with Crippen molar-refractivity contribution in [2.75, 3.05) is 39.3 Å². The minimum absolute atomic E-state index is 0.0189. The molecule has 1 saturated heterocycles. The van der Waals surface area contributed by atoms with Gasteiger partial charge in [0, 0.05) is 32.7 Å². The molecule has 4 N–H and O–H groups in total. The molecule has 2 rings (SSSR count). The maximum atomic E-state index is 12.7. The molecular weight excluding hydrogens is 260 g/mol. The van der Waals surface area contributed by atoms with Crippen LogP contribution in [0.2, 0.25) is 0 Å². The lowest BCUT2D eigenvalue weighted by molar-refractivity contribution is -0.146. The van der Waals surface area contributed by atoms with Crippen molar-refractivity contribution < 1.29 is 15.1 Å². The van der Waals surface area contributed by atoms with Crippen molar-refractivity contribution in [3.63, 3.8) is 0 Å². The molecular formula is C13H24N4O3. The molecule has 7 nitrogen and oxygen atoms in total. The summed E-state index contributed by atoms with van der Waals surface area (Å²) in [6, 6.07) is 0. The van der Waals surface area contributed by atoms with Gasteiger partial charge in [-0.25, -0.2) is 0 Å². The largest absolute Gasteiger partial charge is 0.409 e. The Balaban J connectivity index is 2.00. The molecule has 0 atom stereocenters. The maximum Gasteiger partial charge on any atom is 0.236 e. The SMILES string of the molecule is CC1CC(C(=O)N2CCN(CCO)CC2)(C(N)=NO)C1. The van der Waals surface area contributed by atoms with Gasteiger partial charge in [0.25, 0.3) is 0 Å². The summed E-state index contributed by atoms with van der Waals surface area (Å²) in [5.41, 5.74) is 4.97. The third-order valence-corrected chi connectivity index (χ3v) is 4.48. The van der Waals surface area contributed by atoms with Crippen molar-refractivity contribution >= 4 is 11.7 Å². The Morgan fingerprint density at radius 3 is 2.40 bits per heavy atom. The van der Waals surface area contributed by atoms with Crippen LogP contribution in [0.15, 0.2) is 5.16 Å². The maximum absolute atomic E-state index is 12.7. The first-order valence-corrected chi connectivity index (χ1v) is 7.14. The molecule has 0 aromatic rings. The molecule has 2 aliphatic rings. The van der Waals surface area contributed by atoms with Crippen molar-refractivity contribution in [1.82, 2.24) is 9.80 Å². The molecule has 0 radical (unpaired) electrons. The number of hydrogen-bond donors (Lipinski definition) is 3. The number of rotatable bonds is 4. The minimum atomic E-state index is -0.798. The Morgan fingerprint density at radius 2 is 1.95 bits per heavy atom. The number of carbonyl (C=O) groups excluding carboxylic acids is 1. The molecule has 0 aromatic heterocycles. The monoisotopic (exact) mass is 284 g/mol. The number of carbonyl (C=O) groups is 1. The Labute approximate surface area is 119 Å². The molecule has 114 valence electrons. The predicted octanol–water partition coefficient (Wildman–Crippen LogP) is -0.714. The van der Waals surface area contributed by atoms with Crippen LogP contribution in [-0.2, 0) is 4.79 Å². The lowest BCUT2D eigenvalue weighted by Gasteiger charge is -2.47. The first kappa shape index (κ1) is 15.1. The van der Waals surface area contributed by atoms with Gasteiger partial charge in [-0.3, -0.25) is 9.69 Å². The lowest BCUT2D eigenvalue weighted by Crippen LogP contribution is -2.60. The van der Waals surface area contributed by atoms with Crippen molar-refractivity contribution in [2.45, 2.75) is 19.8 Å². The summed E-state index contributed by atoms with van der Waals surface area (Å²) in [5, 5.41) is 20.9. The van der Waals surface area contributed by atoms with Gasteiger partial charge in [-0.15, -0.1) is 0 Å². The van der Waals surface area contributed by atoms with E-state index >= 15 is 0 Å². The number of aliphatic hydroxyl groups excluding tert-OH is 1. The van der Waals surface area contributed by atoms with Crippen LogP contribution >= 0.6 is 0 Å². The molecule has 20 heavy (non-hydrogen) atoms. The van der Waals surface area contributed by atoms with E-state index < -0.39 is 5.41 Å². The van der Waals surface area contributed by atoms with Crippen molar-refractivity contribution in [2.24, 2.45) is 22.2 Å². The molecule has 1 saturated carbocycles. The zero-order valence-electron chi connectivity index (χ0n) is 12.0. The van der Waals surface area contributed by atoms with E-state index in [1.54, 1.807) is 4.90 Å². The fraction of sp³-hybridized carbons (Fsp3) is 0.846. The molecule has 1 amide bonds. The highest BCUT2D eigenvalue weighted by atomic mass is 16.4. The molecule has 0 unspecified atom stereocenters. The Kier molecular flexibility index (Phi) is 4.49. The second-order valence-electron chi connectivity index (χ2n) is 5.94. The van der Waals surface area contributed by atoms with Gasteiger partial charge in [0.1, 0.15) is 5.41 Å². The van der Waals surface area contributed by atoms with Crippen LogP contribution < -0.4 is 5.73 Å². The normalized spacial score (nSPS) is 32.0. The summed E-state index contributed by atoms with van der Waals surface area (Å²) in [6.07, 6.45) is 1.30. The van der Waals surface area contributed by atoms with E-state index in [1.807, 2.05) is 0 Å². The smallest absolute Gasteiger partial charge is 0.236 e. The molecule has 7 heteroatoms. The van der Waals surface area contributed by atoms with Gasteiger partial charge in [-0.2, -0.15) is 0 Å². The van der Waals surface area contributed by atoms with Gasteiger partial charge in [-0.1, -0.05) is 12.1 Å². The van der Waals surface area contributed by atoms with Crippen LogP contribution in [-0.4, -0.2) is 71.2 Å². The topological polar surface area (TPSA) is 102 Å². The number of aliphatic hydroxyl groups is 1. The second-order valence-corrected chi connectivity index (χ2v) is 5.94. The number of β-amino-alcohol motifs (C(OH)–C–C–N with tert-alkyl or cyclic N) is 1. The predicted molar refractivity (Wildman–Crippen MR) is 74.3 cm³/mol. The molecule has 1 heterocycles. The Morgan fingerprint density at radius 1 is 1.35 bits per heavy atom. The quantitative estimate of drug-likeness (QED) is 0.274. The number of nitrogens with two attached hydrogens (primary N) is 1. The van der Waals surface area contributed by atoms with E-state index in [4.69, 9.17) is 16.0 Å².